The predicted octanol–water partition coefficient (Wildman–Crippen LogP) is 2.95. The summed E-state index contributed by atoms with van der Waals surface area (Å²) in [7, 11) is -4.18. The van der Waals surface area contributed by atoms with E-state index in [-0.39, 0.29) is 6.61 Å². The Bertz CT molecular complexity index is 173. The van der Waals surface area contributed by atoms with Crippen molar-refractivity contribution in [1.82, 2.24) is 0 Å². The SMILES string of the molecule is CCCCCCCCOP(=O)(O)OO. The maximum absolute atomic E-state index is 10.6. The predicted molar refractivity (Wildman–Crippen MR) is 52.9 cm³/mol. The van der Waals surface area contributed by atoms with E-state index in [1.807, 2.05) is 0 Å². The van der Waals surface area contributed by atoms with Crippen LogP contribution in [-0.2, 0) is 13.8 Å². The Balaban J connectivity index is 3.17. The molecule has 0 aliphatic carbocycles. The van der Waals surface area contributed by atoms with Gasteiger partial charge < -0.3 is 4.89 Å². The Labute approximate surface area is 84.6 Å². The first-order chi connectivity index (χ1) is 6.62. The minimum absolute atomic E-state index is 0.139. The summed E-state index contributed by atoms with van der Waals surface area (Å²) in [6.45, 7) is 2.28. The summed E-state index contributed by atoms with van der Waals surface area (Å²) in [5.74, 6) is 0. The lowest BCUT2D eigenvalue weighted by molar-refractivity contribution is -0.162. The molecule has 0 aromatic carbocycles. The quantitative estimate of drug-likeness (QED) is 0.273. The van der Waals surface area contributed by atoms with E-state index in [0.29, 0.717) is 6.42 Å². The fourth-order valence-corrected chi connectivity index (χ4v) is 1.49. The molecule has 6 heteroatoms. The summed E-state index contributed by atoms with van der Waals surface area (Å²) < 4.78 is 18.3. The van der Waals surface area contributed by atoms with Gasteiger partial charge in [0.25, 0.3) is 0 Å². The van der Waals surface area contributed by atoms with Gasteiger partial charge in [0, 0.05) is 0 Å². The Hall–Kier alpha value is 0.0700. The van der Waals surface area contributed by atoms with Gasteiger partial charge in [-0.15, -0.1) is 4.67 Å². The van der Waals surface area contributed by atoms with Crippen LogP contribution >= 0.6 is 7.82 Å². The fourth-order valence-electron chi connectivity index (χ4n) is 1.09. The van der Waals surface area contributed by atoms with E-state index in [1.54, 1.807) is 0 Å². The van der Waals surface area contributed by atoms with Crippen molar-refractivity contribution in [3.05, 3.63) is 0 Å². The molecule has 1 atom stereocenters. The molecule has 86 valence electrons. The maximum atomic E-state index is 10.6. The topological polar surface area (TPSA) is 76.0 Å². The monoisotopic (exact) mass is 226 g/mol. The van der Waals surface area contributed by atoms with Crippen LogP contribution in [0.2, 0.25) is 0 Å². The molecule has 0 heterocycles. The van der Waals surface area contributed by atoms with Crippen molar-refractivity contribution in [2.45, 2.75) is 45.4 Å². The van der Waals surface area contributed by atoms with Gasteiger partial charge in [-0.25, -0.2) is 9.82 Å². The lowest BCUT2D eigenvalue weighted by atomic mass is 10.1. The zero-order valence-corrected chi connectivity index (χ0v) is 9.41. The number of hydrogen-bond donors (Lipinski definition) is 2. The van der Waals surface area contributed by atoms with Crippen LogP contribution in [0, 0.1) is 0 Å². The number of phosphoric acid groups is 1. The number of hydrogen-bond acceptors (Lipinski definition) is 4. The lowest BCUT2D eigenvalue weighted by Crippen LogP contribution is -1.94. The molecule has 0 aromatic rings. The van der Waals surface area contributed by atoms with Crippen LogP contribution in [0.5, 0.6) is 0 Å². The molecule has 0 saturated carbocycles. The molecule has 0 fully saturated rings. The minimum atomic E-state index is -4.18. The summed E-state index contributed by atoms with van der Waals surface area (Å²) in [4.78, 5) is 8.63. The Morgan fingerprint density at radius 3 is 2.29 bits per heavy atom. The fraction of sp³-hybridized carbons (Fsp3) is 1.00. The third kappa shape index (κ3) is 8.66. The standard InChI is InChI=1S/C8H19O5P/c1-2-3-4-5-6-7-8-12-14(10,11)13-9/h9H,2-8H2,1H3,(H,10,11). The van der Waals surface area contributed by atoms with E-state index >= 15 is 0 Å². The molecule has 0 spiro atoms. The van der Waals surface area contributed by atoms with Crippen LogP contribution in [0.4, 0.5) is 0 Å². The van der Waals surface area contributed by atoms with Gasteiger partial charge in [0.15, 0.2) is 0 Å². The maximum Gasteiger partial charge on any atom is 0.499 e. The Morgan fingerprint density at radius 2 is 1.71 bits per heavy atom. The highest BCUT2D eigenvalue weighted by atomic mass is 31.2. The highest BCUT2D eigenvalue weighted by Crippen LogP contribution is 2.41. The smallest absolute Gasteiger partial charge is 0.301 e. The second-order valence-corrected chi connectivity index (χ2v) is 4.51. The molecule has 2 N–H and O–H groups in total. The molecule has 0 aliphatic rings. The van der Waals surface area contributed by atoms with Crippen LogP contribution in [0.25, 0.3) is 0 Å². The minimum Gasteiger partial charge on any atom is -0.301 e. The molecule has 0 bridgehead atoms. The normalized spacial score (nSPS) is 15.4. The van der Waals surface area contributed by atoms with Crippen molar-refractivity contribution in [1.29, 1.82) is 0 Å². The zero-order valence-electron chi connectivity index (χ0n) is 8.52. The van der Waals surface area contributed by atoms with Crippen LogP contribution in [-0.4, -0.2) is 16.8 Å². The van der Waals surface area contributed by atoms with Gasteiger partial charge in [0.2, 0.25) is 0 Å². The third-order valence-corrected chi connectivity index (χ3v) is 2.57. The average Bonchev–Trinajstić information content (AvgIpc) is 2.16. The molecule has 0 aromatic heterocycles. The number of phosphoric ester groups is 1. The second kappa shape index (κ2) is 8.38. The van der Waals surface area contributed by atoms with E-state index < -0.39 is 7.82 Å². The van der Waals surface area contributed by atoms with E-state index in [1.165, 1.54) is 19.3 Å². The lowest BCUT2D eigenvalue weighted by Gasteiger charge is -2.06. The summed E-state index contributed by atoms with van der Waals surface area (Å²) in [5.41, 5.74) is 0. The molecule has 0 rings (SSSR count). The summed E-state index contributed by atoms with van der Waals surface area (Å²) >= 11 is 0. The highest BCUT2D eigenvalue weighted by molar-refractivity contribution is 7.47. The summed E-state index contributed by atoms with van der Waals surface area (Å²) in [6.07, 6.45) is 6.37. The van der Waals surface area contributed by atoms with Crippen molar-refractivity contribution in [3.8, 4) is 0 Å². The highest BCUT2D eigenvalue weighted by Gasteiger charge is 2.19. The molecule has 5 nitrogen and oxygen atoms in total. The molecular weight excluding hydrogens is 207 g/mol. The van der Waals surface area contributed by atoms with Crippen molar-refractivity contribution < 1.29 is 23.9 Å². The summed E-state index contributed by atoms with van der Waals surface area (Å²) in [5, 5.41) is 7.93. The molecular formula is C8H19O5P. The molecule has 14 heavy (non-hydrogen) atoms. The number of rotatable bonds is 9. The van der Waals surface area contributed by atoms with Crippen LogP contribution in [0.3, 0.4) is 0 Å². The van der Waals surface area contributed by atoms with E-state index in [0.717, 1.165) is 12.8 Å². The van der Waals surface area contributed by atoms with Crippen LogP contribution in [0.15, 0.2) is 0 Å². The first kappa shape index (κ1) is 14.1. The summed E-state index contributed by atoms with van der Waals surface area (Å²) in [6, 6.07) is 0. The van der Waals surface area contributed by atoms with Crippen molar-refractivity contribution >= 4 is 7.82 Å². The average molecular weight is 226 g/mol. The molecule has 0 aliphatic heterocycles. The Morgan fingerprint density at radius 1 is 1.14 bits per heavy atom. The van der Waals surface area contributed by atoms with E-state index in [2.05, 4.69) is 16.1 Å². The van der Waals surface area contributed by atoms with Gasteiger partial charge in [-0.2, -0.15) is 0 Å². The zero-order chi connectivity index (χ0) is 10.9. The van der Waals surface area contributed by atoms with Crippen LogP contribution in [0.1, 0.15) is 45.4 Å². The first-order valence-corrected chi connectivity index (χ1v) is 6.42. The van der Waals surface area contributed by atoms with Gasteiger partial charge in [-0.1, -0.05) is 39.0 Å². The molecule has 0 amide bonds. The van der Waals surface area contributed by atoms with Gasteiger partial charge in [0.1, 0.15) is 0 Å². The Kier molecular flexibility index (Phi) is 8.43. The van der Waals surface area contributed by atoms with E-state index in [4.69, 9.17) is 10.2 Å². The van der Waals surface area contributed by atoms with Crippen molar-refractivity contribution in [2.75, 3.05) is 6.61 Å². The second-order valence-electron chi connectivity index (χ2n) is 3.15. The van der Waals surface area contributed by atoms with Crippen molar-refractivity contribution in [3.63, 3.8) is 0 Å². The van der Waals surface area contributed by atoms with Gasteiger partial charge >= 0.3 is 7.82 Å². The largest absolute Gasteiger partial charge is 0.499 e. The molecule has 1 unspecified atom stereocenters. The van der Waals surface area contributed by atoms with Crippen LogP contribution < -0.4 is 0 Å². The third-order valence-electron chi connectivity index (χ3n) is 1.86. The first-order valence-electron chi connectivity index (χ1n) is 4.93. The van der Waals surface area contributed by atoms with Crippen molar-refractivity contribution in [2.24, 2.45) is 0 Å². The van der Waals surface area contributed by atoms with Gasteiger partial charge in [-0.05, 0) is 6.42 Å². The molecule has 0 saturated heterocycles. The van der Waals surface area contributed by atoms with Gasteiger partial charge in [0.05, 0.1) is 6.61 Å². The van der Waals surface area contributed by atoms with Gasteiger partial charge in [-0.3, -0.25) is 4.52 Å². The van der Waals surface area contributed by atoms with E-state index in [9.17, 15) is 4.57 Å². The number of unbranched alkanes of at least 4 members (excludes halogenated alkanes) is 5. The molecule has 0 radical (unpaired) electrons.